The van der Waals surface area contributed by atoms with E-state index in [1.54, 1.807) is 0 Å². The van der Waals surface area contributed by atoms with Gasteiger partial charge in [0.05, 0.1) is 6.61 Å². The lowest BCUT2D eigenvalue weighted by molar-refractivity contribution is -0.111. The van der Waals surface area contributed by atoms with E-state index in [2.05, 4.69) is 58.0 Å². The number of hydrogen-bond donors (Lipinski definition) is 0. The minimum absolute atomic E-state index is 0.180. The molecular weight excluding hydrogens is 392 g/mol. The molecule has 0 saturated heterocycles. The fourth-order valence-corrected chi connectivity index (χ4v) is 8.20. The second-order valence-corrected chi connectivity index (χ2v) is 11.8. The molecule has 8 atom stereocenters. The summed E-state index contributed by atoms with van der Waals surface area (Å²) in [4.78, 5) is 0. The number of benzene rings is 2. The molecule has 172 valence electrons. The molecule has 8 unspecified atom stereocenters. The molecule has 0 aliphatic heterocycles. The molecule has 4 aliphatic rings. The van der Waals surface area contributed by atoms with Gasteiger partial charge in [-0.15, -0.1) is 0 Å². The molecule has 3 fully saturated rings. The third-order valence-electron chi connectivity index (χ3n) is 9.92. The van der Waals surface area contributed by atoms with Gasteiger partial charge in [0.15, 0.2) is 0 Å². The highest BCUT2D eigenvalue weighted by Crippen LogP contribution is 2.61. The van der Waals surface area contributed by atoms with Crippen molar-refractivity contribution in [2.45, 2.75) is 84.3 Å². The van der Waals surface area contributed by atoms with Gasteiger partial charge in [-0.05, 0) is 96.1 Å². The van der Waals surface area contributed by atoms with Crippen LogP contribution in [0.15, 0.2) is 30.3 Å². The SMILES string of the molecule is CC(C)C(OCCC1CC2CC1C1CCCC21)Oc1ccc2c3c(cccc13)C(C)C2C. The third-order valence-corrected chi connectivity index (χ3v) is 9.92. The van der Waals surface area contributed by atoms with Crippen molar-refractivity contribution in [3.05, 3.63) is 41.5 Å². The van der Waals surface area contributed by atoms with Crippen LogP contribution >= 0.6 is 0 Å². The Kier molecular flexibility index (Phi) is 5.29. The van der Waals surface area contributed by atoms with Crippen molar-refractivity contribution in [2.75, 3.05) is 6.61 Å². The van der Waals surface area contributed by atoms with Crippen molar-refractivity contribution < 1.29 is 9.47 Å². The Morgan fingerprint density at radius 3 is 2.50 bits per heavy atom. The Morgan fingerprint density at radius 2 is 1.69 bits per heavy atom. The van der Waals surface area contributed by atoms with Crippen LogP contribution in [-0.2, 0) is 4.74 Å². The zero-order valence-corrected chi connectivity index (χ0v) is 20.3. The predicted molar refractivity (Wildman–Crippen MR) is 131 cm³/mol. The summed E-state index contributed by atoms with van der Waals surface area (Å²) in [6.07, 6.45) is 8.53. The van der Waals surface area contributed by atoms with E-state index in [-0.39, 0.29) is 6.29 Å². The summed E-state index contributed by atoms with van der Waals surface area (Å²) in [6.45, 7) is 9.97. The highest BCUT2D eigenvalue weighted by atomic mass is 16.7. The van der Waals surface area contributed by atoms with Crippen molar-refractivity contribution in [1.82, 2.24) is 0 Å². The van der Waals surface area contributed by atoms with E-state index in [1.165, 1.54) is 60.4 Å². The molecule has 0 radical (unpaired) electrons. The van der Waals surface area contributed by atoms with Crippen molar-refractivity contribution in [3.63, 3.8) is 0 Å². The number of ether oxygens (including phenoxy) is 2. The minimum atomic E-state index is -0.180. The average Bonchev–Trinajstić information content (AvgIpc) is 3.54. The van der Waals surface area contributed by atoms with Crippen molar-refractivity contribution in [2.24, 2.45) is 35.5 Å². The van der Waals surface area contributed by atoms with Crippen LogP contribution in [0.5, 0.6) is 5.75 Å². The van der Waals surface area contributed by atoms with Gasteiger partial charge in [-0.1, -0.05) is 58.4 Å². The van der Waals surface area contributed by atoms with Gasteiger partial charge in [-0.3, -0.25) is 0 Å². The summed E-state index contributed by atoms with van der Waals surface area (Å²) in [5, 5.41) is 2.67. The van der Waals surface area contributed by atoms with Crippen LogP contribution < -0.4 is 4.74 Å². The normalized spacial score (nSPS) is 35.7. The molecule has 0 amide bonds. The minimum Gasteiger partial charge on any atom is -0.464 e. The molecule has 4 aliphatic carbocycles. The molecule has 0 N–H and O–H groups in total. The maximum Gasteiger partial charge on any atom is 0.202 e. The van der Waals surface area contributed by atoms with E-state index in [0.29, 0.717) is 17.8 Å². The van der Waals surface area contributed by atoms with E-state index in [1.807, 2.05) is 0 Å². The molecule has 2 nitrogen and oxygen atoms in total. The molecule has 2 aromatic carbocycles. The second kappa shape index (κ2) is 8.05. The fraction of sp³-hybridized carbons (Fsp3) is 0.667. The topological polar surface area (TPSA) is 18.5 Å². The van der Waals surface area contributed by atoms with Crippen LogP contribution in [0, 0.1) is 35.5 Å². The largest absolute Gasteiger partial charge is 0.464 e. The van der Waals surface area contributed by atoms with Gasteiger partial charge < -0.3 is 9.47 Å². The fourth-order valence-electron chi connectivity index (χ4n) is 8.20. The Labute approximate surface area is 194 Å². The number of hydrogen-bond acceptors (Lipinski definition) is 2. The quantitative estimate of drug-likeness (QED) is 0.414. The van der Waals surface area contributed by atoms with Gasteiger partial charge in [0, 0.05) is 11.3 Å². The summed E-state index contributed by atoms with van der Waals surface area (Å²) >= 11 is 0. The van der Waals surface area contributed by atoms with E-state index in [9.17, 15) is 0 Å². The van der Waals surface area contributed by atoms with E-state index < -0.39 is 0 Å². The summed E-state index contributed by atoms with van der Waals surface area (Å²) in [6, 6.07) is 11.2. The maximum atomic E-state index is 6.57. The molecular formula is C30H40O2. The molecule has 32 heavy (non-hydrogen) atoms. The molecule has 2 heteroatoms. The Hall–Kier alpha value is -1.54. The van der Waals surface area contributed by atoms with Crippen LogP contribution in [0.1, 0.15) is 89.2 Å². The summed E-state index contributed by atoms with van der Waals surface area (Å²) in [5.41, 5.74) is 2.94. The van der Waals surface area contributed by atoms with E-state index >= 15 is 0 Å². The molecule has 0 heterocycles. The third kappa shape index (κ3) is 3.23. The average molecular weight is 433 g/mol. The first kappa shape index (κ1) is 21.0. The molecule has 6 rings (SSSR count). The Balaban J connectivity index is 1.14. The van der Waals surface area contributed by atoms with Gasteiger partial charge >= 0.3 is 0 Å². The molecule has 0 aromatic heterocycles. The standard InChI is InChI=1S/C30H40O2/c1-17(2)30(31-14-13-20-15-21-16-27(20)25-9-6-8-24(21)25)32-28-12-11-23-19(4)18(3)22-7-5-10-26(28)29(22)23/h5,7,10-12,17-21,24-25,27,30H,6,8-9,13-16H2,1-4H3. The zero-order valence-electron chi connectivity index (χ0n) is 20.3. The Bertz CT molecular complexity index is 979. The smallest absolute Gasteiger partial charge is 0.202 e. The van der Waals surface area contributed by atoms with Crippen LogP contribution in [0.2, 0.25) is 0 Å². The maximum absolute atomic E-state index is 6.57. The molecule has 2 aromatic rings. The Morgan fingerprint density at radius 1 is 0.906 bits per heavy atom. The van der Waals surface area contributed by atoms with Gasteiger partial charge in [-0.2, -0.15) is 0 Å². The lowest BCUT2D eigenvalue weighted by atomic mass is 9.75. The van der Waals surface area contributed by atoms with Crippen LogP contribution in [0.3, 0.4) is 0 Å². The first-order valence-electron chi connectivity index (χ1n) is 13.4. The van der Waals surface area contributed by atoms with Gasteiger partial charge in [0.1, 0.15) is 5.75 Å². The summed E-state index contributed by atoms with van der Waals surface area (Å²) in [5.74, 6) is 7.52. The van der Waals surface area contributed by atoms with Gasteiger partial charge in [-0.25, -0.2) is 0 Å². The lowest BCUT2D eigenvalue weighted by Crippen LogP contribution is -2.29. The molecule has 3 saturated carbocycles. The van der Waals surface area contributed by atoms with E-state index in [0.717, 1.165) is 41.9 Å². The highest BCUT2D eigenvalue weighted by molar-refractivity contribution is 5.96. The van der Waals surface area contributed by atoms with Crippen LogP contribution in [0.4, 0.5) is 0 Å². The van der Waals surface area contributed by atoms with Gasteiger partial charge in [0.25, 0.3) is 0 Å². The zero-order chi connectivity index (χ0) is 22.0. The van der Waals surface area contributed by atoms with Crippen LogP contribution in [0.25, 0.3) is 10.8 Å². The monoisotopic (exact) mass is 432 g/mol. The van der Waals surface area contributed by atoms with Crippen LogP contribution in [-0.4, -0.2) is 12.9 Å². The predicted octanol–water partition coefficient (Wildman–Crippen LogP) is 7.90. The number of fused-ring (bicyclic) bond motifs is 5. The highest BCUT2D eigenvalue weighted by Gasteiger charge is 2.53. The summed E-state index contributed by atoms with van der Waals surface area (Å²) < 4.78 is 13.0. The second-order valence-electron chi connectivity index (χ2n) is 11.8. The van der Waals surface area contributed by atoms with Crippen molar-refractivity contribution in [3.8, 4) is 5.75 Å². The van der Waals surface area contributed by atoms with E-state index in [4.69, 9.17) is 9.47 Å². The lowest BCUT2D eigenvalue weighted by Gasteiger charge is -2.32. The van der Waals surface area contributed by atoms with Gasteiger partial charge in [0.2, 0.25) is 6.29 Å². The molecule has 0 spiro atoms. The number of rotatable bonds is 7. The summed E-state index contributed by atoms with van der Waals surface area (Å²) in [7, 11) is 0. The molecule has 2 bridgehead atoms. The first-order valence-corrected chi connectivity index (χ1v) is 13.4. The first-order chi connectivity index (χ1) is 15.5. The van der Waals surface area contributed by atoms with Crippen molar-refractivity contribution >= 4 is 10.8 Å². The van der Waals surface area contributed by atoms with Crippen molar-refractivity contribution in [1.29, 1.82) is 0 Å².